The second-order valence-corrected chi connectivity index (χ2v) is 4.26. The zero-order chi connectivity index (χ0) is 10.0. The van der Waals surface area contributed by atoms with Crippen LogP contribution in [0.1, 0.15) is 31.4 Å². The molecule has 1 fully saturated rings. The van der Waals surface area contributed by atoms with Crippen LogP contribution in [-0.2, 0) is 0 Å². The molecule has 0 unspecified atom stereocenters. The van der Waals surface area contributed by atoms with Crippen molar-refractivity contribution in [3.8, 4) is 0 Å². The number of aliphatic hydroxyl groups excluding tert-OH is 1. The van der Waals surface area contributed by atoms with Crippen molar-refractivity contribution < 1.29 is 5.11 Å². The minimum Gasteiger partial charge on any atom is -0.386 e. The van der Waals surface area contributed by atoms with Gasteiger partial charge in [-0.05, 0) is 31.9 Å². The van der Waals surface area contributed by atoms with Crippen molar-refractivity contribution >= 4 is 0 Å². The van der Waals surface area contributed by atoms with Gasteiger partial charge in [-0.1, -0.05) is 30.3 Å². The molecule has 1 aliphatic rings. The Balaban J connectivity index is 2.19. The highest BCUT2D eigenvalue weighted by Gasteiger charge is 2.36. The van der Waals surface area contributed by atoms with Gasteiger partial charge >= 0.3 is 0 Å². The van der Waals surface area contributed by atoms with Gasteiger partial charge in [0.1, 0.15) is 0 Å². The highest BCUT2D eigenvalue weighted by atomic mass is 16.3. The first-order chi connectivity index (χ1) is 6.72. The van der Waals surface area contributed by atoms with E-state index in [4.69, 9.17) is 0 Å². The van der Waals surface area contributed by atoms with Crippen LogP contribution in [0.2, 0.25) is 0 Å². The second kappa shape index (κ2) is 3.71. The summed E-state index contributed by atoms with van der Waals surface area (Å²) >= 11 is 0. The number of hydrogen-bond acceptors (Lipinski definition) is 2. The normalized spacial score (nSPS) is 29.0. The quantitative estimate of drug-likeness (QED) is 0.748. The van der Waals surface area contributed by atoms with Gasteiger partial charge in [-0.2, -0.15) is 0 Å². The summed E-state index contributed by atoms with van der Waals surface area (Å²) in [5.74, 6) is 0. The van der Waals surface area contributed by atoms with Crippen molar-refractivity contribution in [3.63, 3.8) is 0 Å². The van der Waals surface area contributed by atoms with Gasteiger partial charge in [0.2, 0.25) is 0 Å². The van der Waals surface area contributed by atoms with E-state index < -0.39 is 6.10 Å². The van der Waals surface area contributed by atoms with Crippen LogP contribution in [0.15, 0.2) is 30.3 Å². The Morgan fingerprint density at radius 2 is 2.07 bits per heavy atom. The predicted molar refractivity (Wildman–Crippen MR) is 57.0 cm³/mol. The summed E-state index contributed by atoms with van der Waals surface area (Å²) in [6.07, 6.45) is 1.80. The van der Waals surface area contributed by atoms with Crippen LogP contribution in [0.5, 0.6) is 0 Å². The molecule has 1 aliphatic heterocycles. The predicted octanol–water partition coefficient (Wildman–Crippen LogP) is 1.86. The largest absolute Gasteiger partial charge is 0.386 e. The van der Waals surface area contributed by atoms with Crippen LogP contribution in [0.25, 0.3) is 0 Å². The van der Waals surface area contributed by atoms with Crippen molar-refractivity contribution in [3.05, 3.63) is 35.9 Å². The summed E-state index contributed by atoms with van der Waals surface area (Å²) in [4.78, 5) is 0. The van der Waals surface area contributed by atoms with Crippen LogP contribution in [0, 0.1) is 0 Å². The lowest BCUT2D eigenvalue weighted by Gasteiger charge is -2.30. The van der Waals surface area contributed by atoms with Gasteiger partial charge in [-0.15, -0.1) is 0 Å². The molecule has 0 amide bonds. The van der Waals surface area contributed by atoms with Gasteiger partial charge in [0, 0.05) is 5.54 Å². The van der Waals surface area contributed by atoms with Crippen molar-refractivity contribution in [2.24, 2.45) is 0 Å². The van der Waals surface area contributed by atoms with Crippen LogP contribution < -0.4 is 5.32 Å². The maximum absolute atomic E-state index is 10.2. The van der Waals surface area contributed by atoms with Crippen LogP contribution in [0.3, 0.4) is 0 Å². The molecule has 1 heterocycles. The Kier molecular flexibility index (Phi) is 2.57. The molecule has 2 heteroatoms. The maximum atomic E-state index is 10.2. The molecule has 0 aliphatic carbocycles. The fraction of sp³-hybridized carbons (Fsp3) is 0.500. The van der Waals surface area contributed by atoms with Gasteiger partial charge in [0.15, 0.2) is 0 Å². The molecule has 2 N–H and O–H groups in total. The topological polar surface area (TPSA) is 32.3 Å². The number of nitrogens with one attached hydrogen (secondary N) is 1. The highest BCUT2D eigenvalue weighted by molar-refractivity contribution is 5.21. The number of benzene rings is 1. The van der Waals surface area contributed by atoms with E-state index in [9.17, 15) is 5.11 Å². The molecular formula is C12H17NO. The molecule has 0 spiro atoms. The van der Waals surface area contributed by atoms with Crippen LogP contribution >= 0.6 is 0 Å². The van der Waals surface area contributed by atoms with Crippen LogP contribution in [0.4, 0.5) is 0 Å². The third-order valence-electron chi connectivity index (χ3n) is 3.12. The Morgan fingerprint density at radius 3 is 2.64 bits per heavy atom. The maximum Gasteiger partial charge on any atom is 0.0968 e. The van der Waals surface area contributed by atoms with E-state index in [-0.39, 0.29) is 5.54 Å². The van der Waals surface area contributed by atoms with E-state index in [1.165, 1.54) is 0 Å². The molecule has 2 nitrogen and oxygen atoms in total. The molecule has 0 saturated carbocycles. The number of hydrogen-bond donors (Lipinski definition) is 2. The van der Waals surface area contributed by atoms with Gasteiger partial charge < -0.3 is 10.4 Å². The first-order valence-corrected chi connectivity index (χ1v) is 5.20. The SMILES string of the molecule is C[C@@]1([C@@H](O)c2ccccc2)CCCN1. The minimum atomic E-state index is -0.397. The average molecular weight is 191 g/mol. The lowest BCUT2D eigenvalue weighted by atomic mass is 9.88. The molecule has 0 aromatic heterocycles. The van der Waals surface area contributed by atoms with Gasteiger partial charge in [-0.3, -0.25) is 0 Å². The smallest absolute Gasteiger partial charge is 0.0968 e. The number of aliphatic hydroxyl groups is 1. The monoisotopic (exact) mass is 191 g/mol. The lowest BCUT2D eigenvalue weighted by molar-refractivity contribution is 0.0815. The van der Waals surface area contributed by atoms with Crippen molar-refractivity contribution in [1.82, 2.24) is 5.32 Å². The van der Waals surface area contributed by atoms with E-state index in [0.29, 0.717) is 0 Å². The average Bonchev–Trinajstić information content (AvgIpc) is 2.67. The summed E-state index contributed by atoms with van der Waals surface area (Å²) < 4.78 is 0. The molecule has 1 aromatic rings. The van der Waals surface area contributed by atoms with E-state index in [1.54, 1.807) is 0 Å². The van der Waals surface area contributed by atoms with Crippen molar-refractivity contribution in [2.45, 2.75) is 31.4 Å². The Bertz CT molecular complexity index is 290. The summed E-state index contributed by atoms with van der Waals surface area (Å²) in [5.41, 5.74) is 0.867. The van der Waals surface area contributed by atoms with Gasteiger partial charge in [-0.25, -0.2) is 0 Å². The van der Waals surface area contributed by atoms with E-state index in [1.807, 2.05) is 30.3 Å². The van der Waals surface area contributed by atoms with E-state index in [2.05, 4.69) is 12.2 Å². The van der Waals surface area contributed by atoms with Crippen LogP contribution in [-0.4, -0.2) is 17.2 Å². The summed E-state index contributed by atoms with van der Waals surface area (Å²) in [6, 6.07) is 9.88. The first kappa shape index (κ1) is 9.69. The lowest BCUT2D eigenvalue weighted by Crippen LogP contribution is -2.42. The molecule has 2 rings (SSSR count). The van der Waals surface area contributed by atoms with Crippen molar-refractivity contribution in [2.75, 3.05) is 6.54 Å². The summed E-state index contributed by atoms with van der Waals surface area (Å²) in [5, 5.41) is 13.6. The third kappa shape index (κ3) is 1.68. The molecule has 0 bridgehead atoms. The minimum absolute atomic E-state index is 0.138. The molecule has 0 radical (unpaired) electrons. The van der Waals surface area contributed by atoms with Gasteiger partial charge in [0.25, 0.3) is 0 Å². The Labute approximate surface area is 85.0 Å². The Hall–Kier alpha value is -0.860. The molecule has 76 valence electrons. The molecule has 1 saturated heterocycles. The second-order valence-electron chi connectivity index (χ2n) is 4.26. The van der Waals surface area contributed by atoms with E-state index in [0.717, 1.165) is 24.9 Å². The summed E-state index contributed by atoms with van der Waals surface area (Å²) in [6.45, 7) is 3.11. The standard InChI is InChI=1S/C12H17NO/c1-12(8-5-9-13-12)11(14)10-6-3-2-4-7-10/h2-4,6-7,11,13-14H,5,8-9H2,1H3/t11-,12-/m0/s1. The number of rotatable bonds is 2. The zero-order valence-electron chi connectivity index (χ0n) is 8.53. The van der Waals surface area contributed by atoms with Crippen molar-refractivity contribution in [1.29, 1.82) is 0 Å². The fourth-order valence-corrected chi connectivity index (χ4v) is 2.15. The zero-order valence-corrected chi connectivity index (χ0v) is 8.53. The van der Waals surface area contributed by atoms with E-state index >= 15 is 0 Å². The molecule has 2 atom stereocenters. The molecule has 1 aromatic carbocycles. The first-order valence-electron chi connectivity index (χ1n) is 5.20. The van der Waals surface area contributed by atoms with Gasteiger partial charge in [0.05, 0.1) is 6.10 Å². The molecular weight excluding hydrogens is 174 g/mol. The molecule has 14 heavy (non-hydrogen) atoms. The summed E-state index contributed by atoms with van der Waals surface area (Å²) in [7, 11) is 0. The fourth-order valence-electron chi connectivity index (χ4n) is 2.15. The highest BCUT2D eigenvalue weighted by Crippen LogP contribution is 2.32. The third-order valence-corrected chi connectivity index (χ3v) is 3.12. The Morgan fingerprint density at radius 1 is 1.36 bits per heavy atom.